The van der Waals surface area contributed by atoms with Crippen LogP contribution in [0.3, 0.4) is 0 Å². The molecular formula is C19H12O3. The highest BCUT2D eigenvalue weighted by atomic mass is 16.3. The number of allylic oxidation sites excluding steroid dienone is 1. The number of benzene rings is 3. The van der Waals surface area contributed by atoms with Gasteiger partial charge in [-0.15, -0.1) is 0 Å². The zero-order valence-electron chi connectivity index (χ0n) is 11.6. The molecule has 1 aliphatic carbocycles. The Kier molecular flexibility index (Phi) is 2.57. The number of hydrogen-bond acceptors (Lipinski definition) is 3. The molecule has 0 fully saturated rings. The van der Waals surface area contributed by atoms with E-state index in [1.165, 1.54) is 6.08 Å². The average Bonchev–Trinajstić information content (AvgIpc) is 2.53. The minimum absolute atomic E-state index is 0.199. The van der Waals surface area contributed by atoms with Crippen molar-refractivity contribution in [2.45, 2.75) is 0 Å². The average molecular weight is 288 g/mol. The molecule has 0 unspecified atom stereocenters. The van der Waals surface area contributed by atoms with E-state index in [-0.39, 0.29) is 17.3 Å². The van der Waals surface area contributed by atoms with Gasteiger partial charge in [-0.25, -0.2) is 0 Å². The number of Topliss-reactive ketones (excluding diaryl/α,β-unsaturated/α-hetero) is 1. The maximum atomic E-state index is 12.3. The molecule has 3 nitrogen and oxygen atoms in total. The molecule has 0 atom stereocenters. The minimum Gasteiger partial charge on any atom is -0.508 e. The minimum atomic E-state index is -0.357. The van der Waals surface area contributed by atoms with E-state index in [0.717, 1.165) is 27.5 Å². The molecule has 0 amide bonds. The number of hydrogen-bond donors (Lipinski definition) is 2. The van der Waals surface area contributed by atoms with Crippen molar-refractivity contribution in [2.24, 2.45) is 0 Å². The monoisotopic (exact) mass is 288 g/mol. The number of phenols is 1. The number of ketones is 1. The number of carbonyl (C=O) groups is 1. The third-order valence-corrected chi connectivity index (χ3v) is 3.98. The molecule has 0 spiro atoms. The normalized spacial score (nSPS) is 13.3. The Morgan fingerprint density at radius 2 is 1.59 bits per heavy atom. The fourth-order valence-electron chi connectivity index (χ4n) is 2.93. The lowest BCUT2D eigenvalue weighted by molar-refractivity contribution is 0.0981. The zero-order valence-corrected chi connectivity index (χ0v) is 11.6. The number of aromatic hydroxyl groups is 1. The van der Waals surface area contributed by atoms with Crippen molar-refractivity contribution in [2.75, 3.05) is 0 Å². The van der Waals surface area contributed by atoms with E-state index in [0.29, 0.717) is 5.56 Å². The van der Waals surface area contributed by atoms with Gasteiger partial charge in [0, 0.05) is 10.9 Å². The quantitative estimate of drug-likeness (QED) is 0.701. The summed E-state index contributed by atoms with van der Waals surface area (Å²) in [5.74, 6) is -0.392. The van der Waals surface area contributed by atoms with Gasteiger partial charge in [-0.05, 0) is 52.4 Å². The van der Waals surface area contributed by atoms with Crippen molar-refractivity contribution in [3.05, 3.63) is 71.5 Å². The SMILES string of the molecule is O=C1C(O)=Cc2cccc3cc(-c4ccc(O)cc4)cc1c23. The number of aliphatic hydroxyl groups excluding tert-OH is 1. The van der Waals surface area contributed by atoms with Crippen molar-refractivity contribution in [3.8, 4) is 16.9 Å². The summed E-state index contributed by atoms with van der Waals surface area (Å²) in [5, 5.41) is 21.1. The van der Waals surface area contributed by atoms with E-state index in [2.05, 4.69) is 0 Å². The second-order valence-electron chi connectivity index (χ2n) is 5.37. The first-order chi connectivity index (χ1) is 10.6. The van der Waals surface area contributed by atoms with Crippen LogP contribution < -0.4 is 0 Å². The van der Waals surface area contributed by atoms with E-state index in [1.54, 1.807) is 30.3 Å². The van der Waals surface area contributed by atoms with Gasteiger partial charge in [-0.2, -0.15) is 0 Å². The fourth-order valence-corrected chi connectivity index (χ4v) is 2.93. The van der Waals surface area contributed by atoms with E-state index < -0.39 is 0 Å². The summed E-state index contributed by atoms with van der Waals surface area (Å²) in [6.45, 7) is 0. The maximum Gasteiger partial charge on any atom is 0.227 e. The standard InChI is InChI=1S/C19H12O3/c20-15-6-4-11(5-7-15)14-8-12-2-1-3-13-10-17(21)19(22)16(9-14)18(12)13/h1-10,20-21H. The highest BCUT2D eigenvalue weighted by molar-refractivity contribution is 6.22. The van der Waals surface area contributed by atoms with Crippen LogP contribution in [-0.4, -0.2) is 16.0 Å². The maximum absolute atomic E-state index is 12.3. The Bertz CT molecular complexity index is 950. The van der Waals surface area contributed by atoms with Crippen molar-refractivity contribution >= 4 is 22.6 Å². The van der Waals surface area contributed by atoms with Crippen molar-refractivity contribution in [3.63, 3.8) is 0 Å². The van der Waals surface area contributed by atoms with Crippen LogP contribution in [0.4, 0.5) is 0 Å². The molecule has 0 aromatic heterocycles. The number of phenolic OH excluding ortho intramolecular Hbond substituents is 1. The predicted octanol–water partition coefficient (Wildman–Crippen LogP) is 4.31. The molecule has 4 rings (SSSR count). The summed E-state index contributed by atoms with van der Waals surface area (Å²) in [7, 11) is 0. The van der Waals surface area contributed by atoms with Crippen LogP contribution in [0.2, 0.25) is 0 Å². The Labute approximate surface area is 126 Å². The summed E-state index contributed by atoms with van der Waals surface area (Å²) in [6, 6.07) is 16.4. The van der Waals surface area contributed by atoms with E-state index in [9.17, 15) is 15.0 Å². The molecule has 3 aromatic carbocycles. The third-order valence-electron chi connectivity index (χ3n) is 3.98. The largest absolute Gasteiger partial charge is 0.508 e. The number of carbonyl (C=O) groups excluding carboxylic acids is 1. The van der Waals surface area contributed by atoms with Gasteiger partial charge in [-0.1, -0.05) is 30.3 Å². The lowest BCUT2D eigenvalue weighted by Crippen LogP contribution is -2.08. The van der Waals surface area contributed by atoms with Crippen LogP contribution in [0.25, 0.3) is 28.0 Å². The topological polar surface area (TPSA) is 57.5 Å². The number of aliphatic hydroxyl groups is 1. The molecule has 3 heteroatoms. The van der Waals surface area contributed by atoms with Gasteiger partial charge in [0.2, 0.25) is 5.78 Å². The molecule has 0 aliphatic heterocycles. The van der Waals surface area contributed by atoms with Gasteiger partial charge in [0.1, 0.15) is 5.75 Å². The third kappa shape index (κ3) is 1.79. The van der Waals surface area contributed by atoms with E-state index >= 15 is 0 Å². The van der Waals surface area contributed by atoms with Crippen LogP contribution in [0, 0.1) is 0 Å². The smallest absolute Gasteiger partial charge is 0.227 e. The van der Waals surface area contributed by atoms with Gasteiger partial charge in [-0.3, -0.25) is 4.79 Å². The summed E-state index contributed by atoms with van der Waals surface area (Å²) < 4.78 is 0. The van der Waals surface area contributed by atoms with Gasteiger partial charge < -0.3 is 10.2 Å². The van der Waals surface area contributed by atoms with Crippen LogP contribution >= 0.6 is 0 Å². The Morgan fingerprint density at radius 3 is 2.36 bits per heavy atom. The van der Waals surface area contributed by atoms with Crippen molar-refractivity contribution in [1.82, 2.24) is 0 Å². The lowest BCUT2D eigenvalue weighted by Gasteiger charge is -2.16. The van der Waals surface area contributed by atoms with Gasteiger partial charge >= 0.3 is 0 Å². The first-order valence-electron chi connectivity index (χ1n) is 6.95. The van der Waals surface area contributed by atoms with Crippen LogP contribution in [0.5, 0.6) is 5.75 Å². The molecule has 106 valence electrons. The first-order valence-corrected chi connectivity index (χ1v) is 6.95. The summed E-state index contributed by atoms with van der Waals surface area (Å²) in [5.41, 5.74) is 3.14. The molecule has 0 heterocycles. The molecule has 0 bridgehead atoms. The summed E-state index contributed by atoms with van der Waals surface area (Å²) in [4.78, 5) is 12.3. The highest BCUT2D eigenvalue weighted by Crippen LogP contribution is 2.35. The van der Waals surface area contributed by atoms with Gasteiger partial charge in [0.15, 0.2) is 5.76 Å². The Balaban J connectivity index is 2.03. The summed E-state index contributed by atoms with van der Waals surface area (Å²) in [6.07, 6.45) is 1.51. The molecule has 22 heavy (non-hydrogen) atoms. The molecule has 0 saturated heterocycles. The first kappa shape index (κ1) is 12.7. The van der Waals surface area contributed by atoms with E-state index in [1.807, 2.05) is 24.3 Å². The molecular weight excluding hydrogens is 276 g/mol. The number of rotatable bonds is 1. The Morgan fingerprint density at radius 1 is 0.818 bits per heavy atom. The van der Waals surface area contributed by atoms with Crippen LogP contribution in [0.15, 0.2) is 60.4 Å². The second kappa shape index (κ2) is 4.46. The van der Waals surface area contributed by atoms with Crippen LogP contribution in [-0.2, 0) is 0 Å². The predicted molar refractivity (Wildman–Crippen MR) is 86.0 cm³/mol. The fraction of sp³-hybridized carbons (Fsp3) is 0. The second-order valence-corrected chi connectivity index (χ2v) is 5.37. The zero-order chi connectivity index (χ0) is 15.3. The molecule has 1 aliphatic rings. The molecule has 3 aromatic rings. The highest BCUT2D eigenvalue weighted by Gasteiger charge is 2.22. The molecule has 0 radical (unpaired) electrons. The van der Waals surface area contributed by atoms with Crippen LogP contribution in [0.1, 0.15) is 15.9 Å². The van der Waals surface area contributed by atoms with Crippen molar-refractivity contribution in [1.29, 1.82) is 0 Å². The summed E-state index contributed by atoms with van der Waals surface area (Å²) >= 11 is 0. The lowest BCUT2D eigenvalue weighted by atomic mass is 9.88. The van der Waals surface area contributed by atoms with Gasteiger partial charge in [0.25, 0.3) is 0 Å². The Hall–Kier alpha value is -3.07. The van der Waals surface area contributed by atoms with Crippen molar-refractivity contribution < 1.29 is 15.0 Å². The van der Waals surface area contributed by atoms with Gasteiger partial charge in [0.05, 0.1) is 0 Å². The van der Waals surface area contributed by atoms with E-state index in [4.69, 9.17) is 0 Å². The molecule has 0 saturated carbocycles. The molecule has 2 N–H and O–H groups in total.